The SMILES string of the molecule is C/C(=C\c1ccc(CCCO)s1)C(=O)c1c(O)cc(C(C)CC/C=C/NC(=O)O)oc1=O. The molecule has 1 amide bonds. The minimum atomic E-state index is -1.16. The van der Waals surface area contributed by atoms with E-state index in [1.165, 1.54) is 23.6 Å². The fourth-order valence-electron chi connectivity index (χ4n) is 2.99. The van der Waals surface area contributed by atoms with E-state index >= 15 is 0 Å². The van der Waals surface area contributed by atoms with E-state index in [2.05, 4.69) is 5.32 Å². The first kappa shape index (κ1) is 25.1. The molecule has 1 unspecified atom stereocenters. The van der Waals surface area contributed by atoms with Crippen molar-refractivity contribution in [3.63, 3.8) is 0 Å². The van der Waals surface area contributed by atoms with Crippen molar-refractivity contribution in [3.05, 3.63) is 67.5 Å². The Morgan fingerprint density at radius 2 is 2.06 bits per heavy atom. The highest BCUT2D eigenvalue weighted by molar-refractivity contribution is 7.12. The molecule has 2 heterocycles. The third-order valence-electron chi connectivity index (χ3n) is 4.73. The Bertz CT molecular complexity index is 1060. The van der Waals surface area contributed by atoms with Crippen LogP contribution in [-0.4, -0.2) is 33.8 Å². The van der Waals surface area contributed by atoms with Gasteiger partial charge in [-0.3, -0.25) is 10.1 Å². The van der Waals surface area contributed by atoms with Crippen molar-refractivity contribution in [1.82, 2.24) is 5.32 Å². The first-order chi connectivity index (χ1) is 15.2. The zero-order valence-electron chi connectivity index (χ0n) is 18.0. The quantitative estimate of drug-likeness (QED) is 0.289. The maximum Gasteiger partial charge on any atom is 0.408 e. The van der Waals surface area contributed by atoms with Crippen LogP contribution in [0.15, 0.2) is 45.3 Å². The molecule has 32 heavy (non-hydrogen) atoms. The van der Waals surface area contributed by atoms with Gasteiger partial charge in [0.1, 0.15) is 17.1 Å². The smallest absolute Gasteiger partial charge is 0.408 e. The average Bonchev–Trinajstić information content (AvgIpc) is 3.18. The molecule has 9 heteroatoms. The number of aromatic hydroxyl groups is 1. The molecule has 0 aliphatic heterocycles. The molecule has 4 N–H and O–H groups in total. The topological polar surface area (TPSA) is 137 Å². The number of carbonyl (C=O) groups is 2. The molecule has 0 fully saturated rings. The van der Waals surface area contributed by atoms with Gasteiger partial charge in [0.25, 0.3) is 0 Å². The number of aliphatic hydroxyl groups excluding tert-OH is 1. The number of nitrogens with one attached hydrogen (secondary N) is 1. The highest BCUT2D eigenvalue weighted by Gasteiger charge is 2.22. The summed E-state index contributed by atoms with van der Waals surface area (Å²) >= 11 is 1.49. The molecule has 1 atom stereocenters. The summed E-state index contributed by atoms with van der Waals surface area (Å²) in [6, 6.07) is 5.07. The third kappa shape index (κ3) is 7.21. The second kappa shape index (κ2) is 12.0. The minimum absolute atomic E-state index is 0.114. The third-order valence-corrected chi connectivity index (χ3v) is 5.83. The van der Waals surface area contributed by atoms with E-state index in [0.29, 0.717) is 24.8 Å². The Morgan fingerprint density at radius 1 is 1.31 bits per heavy atom. The fourth-order valence-corrected chi connectivity index (χ4v) is 4.05. The molecule has 0 radical (unpaired) electrons. The van der Waals surface area contributed by atoms with Gasteiger partial charge in [-0.05, 0) is 56.4 Å². The molecule has 2 rings (SSSR count). The van der Waals surface area contributed by atoms with E-state index in [0.717, 1.165) is 16.2 Å². The number of hydrogen-bond donors (Lipinski definition) is 4. The summed E-state index contributed by atoms with van der Waals surface area (Å²) in [4.78, 5) is 37.5. The van der Waals surface area contributed by atoms with Crippen LogP contribution in [0.2, 0.25) is 0 Å². The number of aryl methyl sites for hydroxylation is 1. The number of aliphatic hydroxyl groups is 1. The predicted octanol–water partition coefficient (Wildman–Crippen LogP) is 4.28. The number of amides is 1. The number of hydrogen-bond acceptors (Lipinski definition) is 7. The summed E-state index contributed by atoms with van der Waals surface area (Å²) in [6.07, 6.45) is 5.92. The number of rotatable bonds is 11. The van der Waals surface area contributed by atoms with Gasteiger partial charge in [0.15, 0.2) is 5.78 Å². The van der Waals surface area contributed by atoms with Crippen LogP contribution in [0.5, 0.6) is 5.75 Å². The maximum atomic E-state index is 12.8. The Balaban J connectivity index is 2.12. The van der Waals surface area contributed by atoms with Gasteiger partial charge in [-0.2, -0.15) is 0 Å². The maximum absolute atomic E-state index is 12.8. The van der Waals surface area contributed by atoms with Gasteiger partial charge in [-0.25, -0.2) is 9.59 Å². The Labute approximate surface area is 189 Å². The lowest BCUT2D eigenvalue weighted by Gasteiger charge is -2.11. The molecule has 0 bridgehead atoms. The number of carboxylic acid groups (broad SMARTS) is 1. The van der Waals surface area contributed by atoms with Gasteiger partial charge in [0, 0.05) is 34.5 Å². The van der Waals surface area contributed by atoms with E-state index in [1.54, 1.807) is 26.0 Å². The summed E-state index contributed by atoms with van der Waals surface area (Å²) in [5.74, 6) is -1.02. The molecule has 2 aromatic rings. The first-order valence-electron chi connectivity index (χ1n) is 10.2. The van der Waals surface area contributed by atoms with Crippen LogP contribution in [-0.2, 0) is 6.42 Å². The van der Waals surface area contributed by atoms with Crippen molar-refractivity contribution in [1.29, 1.82) is 0 Å². The lowest BCUT2D eigenvalue weighted by atomic mass is 10.00. The van der Waals surface area contributed by atoms with Crippen molar-refractivity contribution >= 4 is 29.3 Å². The fraction of sp³-hybridized carbons (Fsp3) is 0.348. The number of thiophene rings is 1. The molecule has 0 saturated heterocycles. The summed E-state index contributed by atoms with van der Waals surface area (Å²) in [7, 11) is 0. The Hall–Kier alpha value is -3.17. The van der Waals surface area contributed by atoms with Gasteiger partial charge in [0.05, 0.1) is 0 Å². The summed E-state index contributed by atoms with van der Waals surface area (Å²) in [5.41, 5.74) is -1.01. The normalized spacial score (nSPS) is 12.8. The highest BCUT2D eigenvalue weighted by atomic mass is 32.1. The monoisotopic (exact) mass is 461 g/mol. The van der Waals surface area contributed by atoms with Gasteiger partial charge < -0.3 is 19.7 Å². The molecular weight excluding hydrogens is 434 g/mol. The van der Waals surface area contributed by atoms with E-state index in [4.69, 9.17) is 14.6 Å². The second-order valence-corrected chi connectivity index (χ2v) is 8.51. The molecule has 0 aliphatic carbocycles. The number of Topliss-reactive ketones (excluding diaryl/α,β-unsaturated/α-hetero) is 1. The van der Waals surface area contributed by atoms with Gasteiger partial charge in [-0.15, -0.1) is 11.3 Å². The zero-order chi connectivity index (χ0) is 23.7. The van der Waals surface area contributed by atoms with Gasteiger partial charge in [-0.1, -0.05) is 13.0 Å². The Morgan fingerprint density at radius 3 is 2.72 bits per heavy atom. The lowest BCUT2D eigenvalue weighted by molar-refractivity contribution is 0.102. The number of ketones is 1. The first-order valence-corrected chi connectivity index (χ1v) is 11.0. The lowest BCUT2D eigenvalue weighted by Crippen LogP contribution is -2.16. The van der Waals surface area contributed by atoms with Crippen molar-refractivity contribution in [2.75, 3.05) is 6.61 Å². The van der Waals surface area contributed by atoms with Gasteiger partial charge >= 0.3 is 11.7 Å². The molecule has 0 saturated carbocycles. The van der Waals surface area contributed by atoms with Crippen molar-refractivity contribution in [3.8, 4) is 5.75 Å². The second-order valence-electron chi connectivity index (χ2n) is 7.31. The summed E-state index contributed by atoms with van der Waals surface area (Å²) in [6.45, 7) is 3.49. The number of carbonyl (C=O) groups excluding carboxylic acids is 1. The molecule has 2 aromatic heterocycles. The van der Waals surface area contributed by atoms with E-state index in [-0.39, 0.29) is 18.3 Å². The van der Waals surface area contributed by atoms with Crippen LogP contribution in [0.4, 0.5) is 4.79 Å². The van der Waals surface area contributed by atoms with Gasteiger partial charge in [0.2, 0.25) is 0 Å². The summed E-state index contributed by atoms with van der Waals surface area (Å²) < 4.78 is 5.30. The average molecular weight is 462 g/mol. The zero-order valence-corrected chi connectivity index (χ0v) is 18.8. The van der Waals surface area contributed by atoms with Crippen molar-refractivity contribution < 1.29 is 29.3 Å². The van der Waals surface area contributed by atoms with Crippen molar-refractivity contribution in [2.24, 2.45) is 0 Å². The van der Waals surface area contributed by atoms with E-state index in [1.807, 2.05) is 12.1 Å². The molecular formula is C23H27NO7S. The van der Waals surface area contributed by atoms with E-state index in [9.17, 15) is 19.5 Å². The van der Waals surface area contributed by atoms with Crippen LogP contribution in [0.1, 0.15) is 64.9 Å². The van der Waals surface area contributed by atoms with Crippen molar-refractivity contribution in [2.45, 2.75) is 45.4 Å². The van der Waals surface area contributed by atoms with E-state index < -0.39 is 28.8 Å². The van der Waals surface area contributed by atoms with Crippen LogP contribution in [0, 0.1) is 0 Å². The molecule has 0 spiro atoms. The standard InChI is InChI=1S/C23H27NO7S/c1-14(6-3-4-10-24-23(29)30)19-13-18(26)20(22(28)31-19)21(27)15(2)12-17-9-8-16(32-17)7-5-11-25/h4,8-10,12-14,24-26H,3,5-7,11H2,1-2H3,(H,29,30)/b10-4+,15-12+. The minimum Gasteiger partial charge on any atom is -0.507 e. The molecule has 172 valence electrons. The highest BCUT2D eigenvalue weighted by Crippen LogP contribution is 2.27. The molecule has 8 nitrogen and oxygen atoms in total. The number of allylic oxidation sites excluding steroid dienone is 2. The van der Waals surface area contributed by atoms with Crippen LogP contribution in [0.25, 0.3) is 6.08 Å². The summed E-state index contributed by atoms with van der Waals surface area (Å²) in [5, 5.41) is 29.9. The predicted molar refractivity (Wildman–Crippen MR) is 122 cm³/mol. The molecule has 0 aromatic carbocycles. The van der Waals surface area contributed by atoms with Crippen LogP contribution in [0.3, 0.4) is 0 Å². The Kier molecular flexibility index (Phi) is 9.42. The largest absolute Gasteiger partial charge is 0.507 e. The molecule has 0 aliphatic rings. The van der Waals surface area contributed by atoms with Crippen LogP contribution >= 0.6 is 11.3 Å². The van der Waals surface area contributed by atoms with Crippen LogP contribution < -0.4 is 10.9 Å².